The number of hydrogen-bond acceptors (Lipinski definition) is 5. The fourth-order valence-electron chi connectivity index (χ4n) is 4.62. The summed E-state index contributed by atoms with van der Waals surface area (Å²) >= 11 is 0. The number of nitrogens with one attached hydrogen (secondary N) is 1. The number of imidazole rings is 1. The lowest BCUT2D eigenvalue weighted by Crippen LogP contribution is -2.43. The quantitative estimate of drug-likeness (QED) is 0.728. The van der Waals surface area contributed by atoms with E-state index in [1.165, 1.54) is 0 Å². The van der Waals surface area contributed by atoms with Crippen molar-refractivity contribution in [3.63, 3.8) is 0 Å². The number of carbonyl (C=O) groups is 1. The highest BCUT2D eigenvalue weighted by Crippen LogP contribution is 2.36. The molecule has 1 fully saturated rings. The van der Waals surface area contributed by atoms with Gasteiger partial charge in [0.05, 0.1) is 11.0 Å². The molecule has 0 spiro atoms. The summed E-state index contributed by atoms with van der Waals surface area (Å²) in [6.07, 6.45) is 2.08. The molecular weight excluding hydrogens is 368 g/mol. The maximum absolute atomic E-state index is 13.1. The molecule has 3 aliphatic heterocycles. The van der Waals surface area contributed by atoms with E-state index in [1.807, 2.05) is 24.3 Å². The van der Waals surface area contributed by atoms with Crippen molar-refractivity contribution < 1.29 is 14.3 Å². The molecule has 3 aliphatic rings. The fraction of sp³-hybridized carbons (Fsp3) is 0.364. The Labute approximate surface area is 168 Å². The zero-order valence-electron chi connectivity index (χ0n) is 16.3. The van der Waals surface area contributed by atoms with Crippen LogP contribution in [-0.4, -0.2) is 58.6 Å². The number of aromatic nitrogens is 2. The van der Waals surface area contributed by atoms with Gasteiger partial charge < -0.3 is 24.3 Å². The van der Waals surface area contributed by atoms with Gasteiger partial charge in [-0.1, -0.05) is 0 Å². The van der Waals surface area contributed by atoms with E-state index in [0.717, 1.165) is 71.0 Å². The number of amides is 1. The van der Waals surface area contributed by atoms with Gasteiger partial charge in [-0.15, -0.1) is 0 Å². The number of likely N-dealkylation sites (tertiary alicyclic amines) is 1. The molecule has 29 heavy (non-hydrogen) atoms. The van der Waals surface area contributed by atoms with Crippen LogP contribution in [0.4, 0.5) is 0 Å². The number of H-pyrrole nitrogens is 1. The van der Waals surface area contributed by atoms with Gasteiger partial charge >= 0.3 is 0 Å². The van der Waals surface area contributed by atoms with Crippen LogP contribution in [0.1, 0.15) is 28.8 Å². The molecule has 0 radical (unpaired) electrons. The molecule has 2 aromatic carbocycles. The van der Waals surface area contributed by atoms with Gasteiger partial charge in [-0.05, 0) is 68.9 Å². The highest BCUT2D eigenvalue weighted by Gasteiger charge is 2.34. The summed E-state index contributed by atoms with van der Waals surface area (Å²) in [5.74, 6) is 2.39. The van der Waals surface area contributed by atoms with Crippen LogP contribution in [-0.2, 0) is 6.54 Å². The summed E-state index contributed by atoms with van der Waals surface area (Å²) in [5, 5.41) is 0. The number of fused-ring (bicyclic) bond motifs is 3. The second-order valence-corrected chi connectivity index (χ2v) is 8.15. The molecule has 1 saturated heterocycles. The Bertz CT molecular complexity index is 1130. The molecule has 7 heteroatoms. The Morgan fingerprint density at radius 2 is 1.93 bits per heavy atom. The summed E-state index contributed by atoms with van der Waals surface area (Å²) in [6, 6.07) is 10.2. The molecule has 1 N–H and O–H groups in total. The zero-order valence-corrected chi connectivity index (χ0v) is 16.3. The van der Waals surface area contributed by atoms with Gasteiger partial charge in [-0.3, -0.25) is 4.79 Å². The lowest BCUT2D eigenvalue weighted by molar-refractivity contribution is 0.0617. The molecule has 0 unspecified atom stereocenters. The third-order valence-corrected chi connectivity index (χ3v) is 6.31. The van der Waals surface area contributed by atoms with Crippen molar-refractivity contribution in [2.45, 2.75) is 25.4 Å². The number of piperidine rings is 1. The Hall–Kier alpha value is -3.06. The average molecular weight is 390 g/mol. The predicted octanol–water partition coefficient (Wildman–Crippen LogP) is 3.01. The SMILES string of the molecule is CN1CCC(N2Cc3cc4[nH]c(-c5ccc6c(c5)OCO6)nc4cc3C2=O)CC1. The van der Waals surface area contributed by atoms with Gasteiger partial charge in [0.25, 0.3) is 5.91 Å². The second-order valence-electron chi connectivity index (χ2n) is 8.15. The van der Waals surface area contributed by atoms with Crippen molar-refractivity contribution in [3.8, 4) is 22.9 Å². The molecule has 0 saturated carbocycles. The standard InChI is InChI=1S/C22H22N4O3/c1-25-6-4-15(5-7-25)26-11-14-8-17-18(10-16(14)22(26)27)24-21(23-17)13-2-3-19-20(9-13)29-12-28-19/h2-3,8-10,15H,4-7,11-12H2,1H3,(H,23,24). The molecule has 6 rings (SSSR count). The monoisotopic (exact) mass is 390 g/mol. The van der Waals surface area contributed by atoms with E-state index in [4.69, 9.17) is 14.5 Å². The third kappa shape index (κ3) is 2.68. The van der Waals surface area contributed by atoms with Crippen molar-refractivity contribution in [2.24, 2.45) is 0 Å². The van der Waals surface area contributed by atoms with Gasteiger partial charge in [0, 0.05) is 23.7 Å². The van der Waals surface area contributed by atoms with Crippen molar-refractivity contribution in [2.75, 3.05) is 26.9 Å². The largest absolute Gasteiger partial charge is 0.454 e. The Kier molecular flexibility index (Phi) is 3.61. The van der Waals surface area contributed by atoms with Crippen molar-refractivity contribution in [3.05, 3.63) is 41.5 Å². The van der Waals surface area contributed by atoms with Crippen LogP contribution in [0.3, 0.4) is 0 Å². The molecule has 0 aliphatic carbocycles. The lowest BCUT2D eigenvalue weighted by Gasteiger charge is -2.34. The van der Waals surface area contributed by atoms with E-state index in [0.29, 0.717) is 12.6 Å². The summed E-state index contributed by atoms with van der Waals surface area (Å²) < 4.78 is 10.9. The maximum atomic E-state index is 13.1. The van der Waals surface area contributed by atoms with Gasteiger partial charge in [0.15, 0.2) is 11.5 Å². The minimum absolute atomic E-state index is 0.143. The molecule has 4 heterocycles. The molecule has 1 aromatic heterocycles. The number of aromatic amines is 1. The van der Waals surface area contributed by atoms with Gasteiger partial charge in [-0.25, -0.2) is 4.98 Å². The Morgan fingerprint density at radius 1 is 1.10 bits per heavy atom. The first-order chi connectivity index (χ1) is 14.2. The minimum Gasteiger partial charge on any atom is -0.454 e. The summed E-state index contributed by atoms with van der Waals surface area (Å²) in [5.41, 5.74) is 4.58. The van der Waals surface area contributed by atoms with Crippen LogP contribution in [0.25, 0.3) is 22.4 Å². The van der Waals surface area contributed by atoms with E-state index in [-0.39, 0.29) is 12.7 Å². The first kappa shape index (κ1) is 16.9. The van der Waals surface area contributed by atoms with Crippen LogP contribution < -0.4 is 9.47 Å². The number of hydrogen-bond donors (Lipinski definition) is 1. The van der Waals surface area contributed by atoms with E-state index < -0.39 is 0 Å². The highest BCUT2D eigenvalue weighted by molar-refractivity contribution is 6.02. The first-order valence-electron chi connectivity index (χ1n) is 10.1. The average Bonchev–Trinajstić information content (AvgIpc) is 3.43. The highest BCUT2D eigenvalue weighted by atomic mass is 16.7. The van der Waals surface area contributed by atoms with E-state index in [1.54, 1.807) is 0 Å². The zero-order chi connectivity index (χ0) is 19.5. The predicted molar refractivity (Wildman–Crippen MR) is 108 cm³/mol. The van der Waals surface area contributed by atoms with Crippen LogP contribution in [0.15, 0.2) is 30.3 Å². The van der Waals surface area contributed by atoms with Crippen LogP contribution in [0.5, 0.6) is 11.5 Å². The Balaban J connectivity index is 1.31. The molecule has 0 atom stereocenters. The molecular formula is C22H22N4O3. The topological polar surface area (TPSA) is 70.7 Å². The summed E-state index contributed by atoms with van der Waals surface area (Å²) in [6.45, 7) is 3.04. The molecule has 7 nitrogen and oxygen atoms in total. The van der Waals surface area contributed by atoms with Gasteiger partial charge in [0.2, 0.25) is 6.79 Å². The van der Waals surface area contributed by atoms with Crippen LogP contribution in [0.2, 0.25) is 0 Å². The number of carbonyl (C=O) groups excluding carboxylic acids is 1. The van der Waals surface area contributed by atoms with E-state index >= 15 is 0 Å². The lowest BCUT2D eigenvalue weighted by atomic mass is 10.0. The summed E-state index contributed by atoms with van der Waals surface area (Å²) in [7, 11) is 2.14. The van der Waals surface area contributed by atoms with Crippen LogP contribution in [0, 0.1) is 0 Å². The normalized spacial score (nSPS) is 19.3. The molecule has 3 aromatic rings. The van der Waals surface area contributed by atoms with Crippen LogP contribution >= 0.6 is 0 Å². The van der Waals surface area contributed by atoms with E-state index in [9.17, 15) is 4.79 Å². The number of nitrogens with zero attached hydrogens (tertiary/aromatic N) is 3. The van der Waals surface area contributed by atoms with E-state index in [2.05, 4.69) is 27.9 Å². The van der Waals surface area contributed by atoms with Gasteiger partial charge in [0.1, 0.15) is 5.82 Å². The second kappa shape index (κ2) is 6.22. The van der Waals surface area contributed by atoms with Gasteiger partial charge in [-0.2, -0.15) is 0 Å². The third-order valence-electron chi connectivity index (χ3n) is 6.31. The van der Waals surface area contributed by atoms with Crippen molar-refractivity contribution in [1.82, 2.24) is 19.8 Å². The molecule has 148 valence electrons. The fourth-order valence-corrected chi connectivity index (χ4v) is 4.62. The maximum Gasteiger partial charge on any atom is 0.254 e. The smallest absolute Gasteiger partial charge is 0.254 e. The Morgan fingerprint density at radius 3 is 2.79 bits per heavy atom. The van der Waals surface area contributed by atoms with Crippen molar-refractivity contribution in [1.29, 1.82) is 0 Å². The van der Waals surface area contributed by atoms with Crippen molar-refractivity contribution >= 4 is 16.9 Å². The molecule has 1 amide bonds. The number of rotatable bonds is 2. The number of benzene rings is 2. The first-order valence-corrected chi connectivity index (χ1v) is 10.1. The minimum atomic E-state index is 0.143. The summed E-state index contributed by atoms with van der Waals surface area (Å²) in [4.78, 5) is 25.6. The molecule has 0 bridgehead atoms. The number of ether oxygens (including phenoxy) is 2.